The van der Waals surface area contributed by atoms with Gasteiger partial charge in [-0.2, -0.15) is 8.78 Å². The number of carbonyl (C=O) groups is 1. The Labute approximate surface area is 134 Å². The highest BCUT2D eigenvalue weighted by molar-refractivity contribution is 5.97. The summed E-state index contributed by atoms with van der Waals surface area (Å²) >= 11 is 0. The van der Waals surface area contributed by atoms with E-state index in [-0.39, 0.29) is 28.7 Å². The first-order valence-corrected chi connectivity index (χ1v) is 8.04. The molecular weight excluding hydrogens is 302 g/mol. The van der Waals surface area contributed by atoms with Gasteiger partial charge >= 0.3 is 6.61 Å². The van der Waals surface area contributed by atoms with Gasteiger partial charge in [-0.1, -0.05) is 19.1 Å². The predicted octanol–water partition coefficient (Wildman–Crippen LogP) is 2.89. The molecule has 1 aliphatic carbocycles. The van der Waals surface area contributed by atoms with Gasteiger partial charge in [-0.05, 0) is 43.4 Å². The van der Waals surface area contributed by atoms with Crippen LogP contribution >= 0.6 is 0 Å². The van der Waals surface area contributed by atoms with Crippen LogP contribution < -0.4 is 10.1 Å². The maximum atomic E-state index is 13.0. The molecule has 0 unspecified atom stereocenters. The Morgan fingerprint density at radius 2 is 2.17 bits per heavy atom. The number of nitrogens with one attached hydrogen (secondary N) is 1. The molecule has 1 saturated carbocycles. The van der Waals surface area contributed by atoms with Gasteiger partial charge in [-0.3, -0.25) is 4.79 Å². The summed E-state index contributed by atoms with van der Waals surface area (Å²) in [6.45, 7) is 1.52. The van der Waals surface area contributed by atoms with Crippen molar-refractivity contribution in [1.82, 2.24) is 10.2 Å². The third kappa shape index (κ3) is 3.80. The number of alkyl halides is 2. The summed E-state index contributed by atoms with van der Waals surface area (Å²) in [5, 5.41) is 3.27. The van der Waals surface area contributed by atoms with Crippen molar-refractivity contribution >= 4 is 5.91 Å². The van der Waals surface area contributed by atoms with Crippen LogP contribution in [0.15, 0.2) is 24.3 Å². The normalized spacial score (nSPS) is 22.2. The minimum Gasteiger partial charge on any atom is -0.434 e. The molecule has 1 aliphatic heterocycles. The summed E-state index contributed by atoms with van der Waals surface area (Å²) in [7, 11) is 0. The summed E-state index contributed by atoms with van der Waals surface area (Å²) < 4.78 is 29.7. The van der Waals surface area contributed by atoms with Crippen LogP contribution in [0.5, 0.6) is 5.75 Å². The van der Waals surface area contributed by atoms with Crippen molar-refractivity contribution in [2.45, 2.75) is 38.8 Å². The first-order valence-electron chi connectivity index (χ1n) is 8.04. The fraction of sp³-hybridized carbons (Fsp3) is 0.588. The number of hydrogen-bond acceptors (Lipinski definition) is 3. The zero-order valence-electron chi connectivity index (χ0n) is 13.2. The third-order valence-corrected chi connectivity index (χ3v) is 4.73. The predicted molar refractivity (Wildman–Crippen MR) is 82.7 cm³/mol. The molecule has 4 nitrogen and oxygen atoms in total. The summed E-state index contributed by atoms with van der Waals surface area (Å²) in [6.07, 6.45) is 3.10. The van der Waals surface area contributed by atoms with Gasteiger partial charge in [0.15, 0.2) is 0 Å². The van der Waals surface area contributed by atoms with Crippen LogP contribution in [-0.4, -0.2) is 43.1 Å². The van der Waals surface area contributed by atoms with Crippen LogP contribution in [0.25, 0.3) is 0 Å². The summed E-state index contributed by atoms with van der Waals surface area (Å²) in [5.41, 5.74) is 0.375. The standard InChI is InChI=1S/C17H22F2N2O2/c1-17(7-8-17)11-21(12-6-9-20-10-12)15(22)13-4-2-3-5-14(13)23-16(18)19/h2-5,12,16,20H,6-11H2,1H3/t12-/m0/s1. The van der Waals surface area contributed by atoms with Crippen LogP contribution in [0.3, 0.4) is 0 Å². The molecule has 0 radical (unpaired) electrons. The number of carbonyl (C=O) groups excluding carboxylic acids is 1. The number of hydrogen-bond donors (Lipinski definition) is 1. The van der Waals surface area contributed by atoms with E-state index in [1.165, 1.54) is 6.07 Å². The zero-order valence-corrected chi connectivity index (χ0v) is 13.2. The van der Waals surface area contributed by atoms with Crippen LogP contribution in [-0.2, 0) is 0 Å². The Morgan fingerprint density at radius 3 is 2.78 bits per heavy atom. The lowest BCUT2D eigenvalue weighted by molar-refractivity contribution is -0.0503. The van der Waals surface area contributed by atoms with Crippen molar-refractivity contribution in [2.75, 3.05) is 19.6 Å². The van der Waals surface area contributed by atoms with E-state index >= 15 is 0 Å². The molecule has 0 spiro atoms. The maximum absolute atomic E-state index is 13.0. The van der Waals surface area contributed by atoms with E-state index in [2.05, 4.69) is 17.0 Å². The van der Waals surface area contributed by atoms with Gasteiger partial charge in [-0.15, -0.1) is 0 Å². The second-order valence-electron chi connectivity index (χ2n) is 6.77. The maximum Gasteiger partial charge on any atom is 0.387 e. The lowest BCUT2D eigenvalue weighted by atomic mass is 10.0. The van der Waals surface area contributed by atoms with Crippen LogP contribution in [0.1, 0.15) is 36.5 Å². The monoisotopic (exact) mass is 324 g/mol. The molecule has 126 valence electrons. The molecule has 3 rings (SSSR count). The van der Waals surface area contributed by atoms with Crippen LogP contribution in [0.4, 0.5) is 8.78 Å². The molecule has 0 aromatic heterocycles. The first-order chi connectivity index (χ1) is 11.0. The van der Waals surface area contributed by atoms with Crippen molar-refractivity contribution in [3.8, 4) is 5.75 Å². The molecule has 1 saturated heterocycles. The number of ether oxygens (including phenoxy) is 1. The van der Waals surface area contributed by atoms with Gasteiger partial charge in [0, 0.05) is 19.1 Å². The average molecular weight is 324 g/mol. The smallest absolute Gasteiger partial charge is 0.387 e. The molecule has 1 aromatic rings. The molecule has 6 heteroatoms. The summed E-state index contributed by atoms with van der Waals surface area (Å²) in [6, 6.07) is 6.36. The Balaban J connectivity index is 1.85. The van der Waals surface area contributed by atoms with E-state index < -0.39 is 6.61 Å². The highest BCUT2D eigenvalue weighted by atomic mass is 19.3. The largest absolute Gasteiger partial charge is 0.434 e. The quantitative estimate of drug-likeness (QED) is 0.875. The van der Waals surface area contributed by atoms with Gasteiger partial charge in [0.2, 0.25) is 0 Å². The van der Waals surface area contributed by atoms with E-state index in [1.54, 1.807) is 18.2 Å². The molecule has 0 bridgehead atoms. The number of amides is 1. The van der Waals surface area contributed by atoms with Gasteiger partial charge in [0.1, 0.15) is 5.75 Å². The lowest BCUT2D eigenvalue weighted by Crippen LogP contribution is -2.44. The molecule has 1 heterocycles. The molecule has 1 N–H and O–H groups in total. The number of rotatable bonds is 6. The number of nitrogens with zero attached hydrogens (tertiary/aromatic N) is 1. The van der Waals surface area contributed by atoms with Crippen LogP contribution in [0.2, 0.25) is 0 Å². The molecule has 23 heavy (non-hydrogen) atoms. The molecular formula is C17H22F2N2O2. The Morgan fingerprint density at radius 1 is 1.43 bits per heavy atom. The average Bonchev–Trinajstić information content (AvgIpc) is 3.02. The highest BCUT2D eigenvalue weighted by Gasteiger charge is 2.42. The van der Waals surface area contributed by atoms with Crippen molar-refractivity contribution in [3.05, 3.63) is 29.8 Å². The third-order valence-electron chi connectivity index (χ3n) is 4.73. The summed E-state index contributed by atoms with van der Waals surface area (Å²) in [5.74, 6) is -0.271. The SMILES string of the molecule is CC1(CN(C(=O)c2ccccc2OC(F)F)[C@H]2CCNC2)CC1. The lowest BCUT2D eigenvalue weighted by Gasteiger charge is -2.31. The first kappa shape index (κ1) is 16.2. The fourth-order valence-corrected chi connectivity index (χ4v) is 3.05. The van der Waals surface area contributed by atoms with E-state index in [4.69, 9.17) is 0 Å². The Kier molecular flexibility index (Phi) is 4.53. The second-order valence-corrected chi connectivity index (χ2v) is 6.77. The minimum atomic E-state index is -2.94. The fourth-order valence-electron chi connectivity index (χ4n) is 3.05. The Hall–Kier alpha value is -1.69. The topological polar surface area (TPSA) is 41.6 Å². The van der Waals surface area contributed by atoms with Gasteiger partial charge in [0.25, 0.3) is 5.91 Å². The van der Waals surface area contributed by atoms with Crippen molar-refractivity contribution < 1.29 is 18.3 Å². The van der Waals surface area contributed by atoms with E-state index in [0.29, 0.717) is 6.54 Å². The Bertz CT molecular complexity index is 569. The van der Waals surface area contributed by atoms with Crippen molar-refractivity contribution in [2.24, 2.45) is 5.41 Å². The van der Waals surface area contributed by atoms with Crippen molar-refractivity contribution in [1.29, 1.82) is 0 Å². The molecule has 2 aliphatic rings. The zero-order chi connectivity index (χ0) is 16.4. The van der Waals surface area contributed by atoms with Gasteiger partial charge < -0.3 is 15.0 Å². The van der Waals surface area contributed by atoms with E-state index in [0.717, 1.165) is 32.4 Å². The number of halogens is 2. The highest BCUT2D eigenvalue weighted by Crippen LogP contribution is 2.46. The minimum absolute atomic E-state index is 0.0515. The molecule has 2 fully saturated rings. The second kappa shape index (κ2) is 6.43. The molecule has 1 atom stereocenters. The van der Waals surface area contributed by atoms with Crippen molar-refractivity contribution in [3.63, 3.8) is 0 Å². The molecule has 1 aromatic carbocycles. The molecule has 1 amide bonds. The number of para-hydroxylation sites is 1. The van der Waals surface area contributed by atoms with E-state index in [9.17, 15) is 13.6 Å². The van der Waals surface area contributed by atoms with E-state index in [1.807, 2.05) is 4.90 Å². The number of benzene rings is 1. The summed E-state index contributed by atoms with van der Waals surface area (Å²) in [4.78, 5) is 14.9. The van der Waals surface area contributed by atoms with Gasteiger partial charge in [0.05, 0.1) is 5.56 Å². The van der Waals surface area contributed by atoms with Gasteiger partial charge in [-0.25, -0.2) is 0 Å². The van der Waals surface area contributed by atoms with Crippen LogP contribution in [0, 0.1) is 5.41 Å².